The second-order valence-corrected chi connectivity index (χ2v) is 7.83. The fourth-order valence-electron chi connectivity index (χ4n) is 2.11. The van der Waals surface area contributed by atoms with E-state index in [2.05, 4.69) is 0 Å². The number of thioether (sulfide) groups is 1. The number of rotatable bonds is 4. The van der Waals surface area contributed by atoms with Crippen LogP contribution in [0.2, 0.25) is 0 Å². The van der Waals surface area contributed by atoms with Crippen LogP contribution in [0.5, 0.6) is 0 Å². The van der Waals surface area contributed by atoms with Gasteiger partial charge in [0.2, 0.25) is 5.12 Å². The van der Waals surface area contributed by atoms with Gasteiger partial charge in [-0.1, -0.05) is 51.8 Å². The zero-order valence-electron chi connectivity index (χ0n) is 11.7. The van der Waals surface area contributed by atoms with Crippen molar-refractivity contribution in [1.82, 2.24) is 0 Å². The largest absolute Gasteiger partial charge is 0.465 e. The molecule has 1 rings (SSSR count). The normalized spacial score (nSPS) is 17.5. The third-order valence-corrected chi connectivity index (χ3v) is 3.90. The fraction of sp³-hybridized carbons (Fsp3) is 0.857. The summed E-state index contributed by atoms with van der Waals surface area (Å²) < 4.78 is 5.06. The lowest BCUT2D eigenvalue weighted by Crippen LogP contribution is -2.19. The Labute approximate surface area is 114 Å². The molecule has 0 radical (unpaired) electrons. The van der Waals surface area contributed by atoms with Crippen LogP contribution in [0.3, 0.4) is 0 Å². The van der Waals surface area contributed by atoms with E-state index < -0.39 is 0 Å². The third kappa shape index (κ3) is 7.04. The van der Waals surface area contributed by atoms with Gasteiger partial charge < -0.3 is 4.74 Å². The van der Waals surface area contributed by atoms with Gasteiger partial charge in [0.05, 0.1) is 6.61 Å². The lowest BCUT2D eigenvalue weighted by molar-refractivity contribution is -0.146. The number of esters is 1. The lowest BCUT2D eigenvalue weighted by atomic mass is 9.90. The summed E-state index contributed by atoms with van der Waals surface area (Å²) >= 11 is 1.21. The molecule has 0 aliphatic heterocycles. The van der Waals surface area contributed by atoms with Gasteiger partial charge in [0.15, 0.2) is 0 Å². The van der Waals surface area contributed by atoms with E-state index in [1.165, 1.54) is 31.0 Å². The van der Waals surface area contributed by atoms with Crippen molar-refractivity contribution < 1.29 is 14.3 Å². The van der Waals surface area contributed by atoms with Crippen molar-refractivity contribution in [3.8, 4) is 0 Å². The van der Waals surface area contributed by atoms with Crippen molar-refractivity contribution in [2.24, 2.45) is 5.92 Å². The van der Waals surface area contributed by atoms with Crippen molar-refractivity contribution in [3.63, 3.8) is 0 Å². The molecule has 0 amide bonds. The Bertz CT molecular complexity index is 288. The van der Waals surface area contributed by atoms with Gasteiger partial charge in [-0.25, -0.2) is 0 Å². The van der Waals surface area contributed by atoms with Crippen LogP contribution in [0.15, 0.2) is 0 Å². The molecule has 0 saturated heterocycles. The topological polar surface area (TPSA) is 43.4 Å². The minimum atomic E-state index is -0.373. The molecule has 0 aromatic heterocycles. The highest BCUT2D eigenvalue weighted by atomic mass is 32.2. The molecule has 0 unspecified atom stereocenters. The monoisotopic (exact) mass is 272 g/mol. The Morgan fingerprint density at radius 3 is 2.33 bits per heavy atom. The van der Waals surface area contributed by atoms with E-state index in [9.17, 15) is 9.59 Å². The highest BCUT2D eigenvalue weighted by molar-refractivity contribution is 8.14. The summed E-state index contributed by atoms with van der Waals surface area (Å²) in [7, 11) is 0. The minimum absolute atomic E-state index is 0.101. The van der Waals surface area contributed by atoms with E-state index in [4.69, 9.17) is 4.74 Å². The molecule has 0 heterocycles. The molecule has 1 saturated carbocycles. The molecule has 0 bridgehead atoms. The van der Waals surface area contributed by atoms with Crippen LogP contribution < -0.4 is 0 Å². The third-order valence-electron chi connectivity index (χ3n) is 2.91. The summed E-state index contributed by atoms with van der Waals surface area (Å²) in [5, 5.41) is -0.101. The van der Waals surface area contributed by atoms with Crippen LogP contribution in [0.25, 0.3) is 0 Å². The van der Waals surface area contributed by atoms with Crippen LogP contribution in [0.4, 0.5) is 0 Å². The summed E-state index contributed by atoms with van der Waals surface area (Å²) in [4.78, 5) is 23.1. The molecule has 1 aliphatic carbocycles. The van der Waals surface area contributed by atoms with Gasteiger partial charge in [-0.15, -0.1) is 0 Å². The number of carbonyl (C=O) groups is 2. The van der Waals surface area contributed by atoms with Gasteiger partial charge in [0, 0.05) is 4.75 Å². The first-order valence-corrected chi connectivity index (χ1v) is 7.56. The molecule has 0 N–H and O–H groups in total. The average molecular weight is 272 g/mol. The minimum Gasteiger partial charge on any atom is -0.465 e. The predicted octanol–water partition coefficient (Wildman–Crippen LogP) is 3.56. The van der Waals surface area contributed by atoms with Crippen molar-refractivity contribution in [1.29, 1.82) is 0 Å². The molecule has 18 heavy (non-hydrogen) atoms. The molecule has 1 aliphatic rings. The van der Waals surface area contributed by atoms with Crippen molar-refractivity contribution in [3.05, 3.63) is 0 Å². The summed E-state index contributed by atoms with van der Waals surface area (Å²) in [6.45, 7) is 6.38. The van der Waals surface area contributed by atoms with E-state index in [1.54, 1.807) is 0 Å². The van der Waals surface area contributed by atoms with E-state index in [1.807, 2.05) is 20.8 Å². The molecule has 1 fully saturated rings. The number of hydrogen-bond donors (Lipinski definition) is 0. The van der Waals surface area contributed by atoms with Crippen molar-refractivity contribution in [2.75, 3.05) is 6.61 Å². The molecular weight excluding hydrogens is 248 g/mol. The highest BCUT2D eigenvalue weighted by Gasteiger charge is 2.21. The molecule has 0 aromatic rings. The number of ether oxygens (including phenoxy) is 1. The van der Waals surface area contributed by atoms with Crippen molar-refractivity contribution >= 4 is 22.8 Å². The Hall–Kier alpha value is -0.510. The molecule has 0 aromatic carbocycles. The van der Waals surface area contributed by atoms with Gasteiger partial charge in [0.1, 0.15) is 6.42 Å². The van der Waals surface area contributed by atoms with Gasteiger partial charge in [-0.05, 0) is 18.8 Å². The van der Waals surface area contributed by atoms with E-state index >= 15 is 0 Å². The Kier molecular flexibility index (Phi) is 6.19. The second kappa shape index (κ2) is 7.17. The van der Waals surface area contributed by atoms with Gasteiger partial charge in [0.25, 0.3) is 0 Å². The molecule has 0 spiro atoms. The summed E-state index contributed by atoms with van der Waals surface area (Å²) in [6.07, 6.45) is 5.97. The molecule has 4 heteroatoms. The Morgan fingerprint density at radius 2 is 1.78 bits per heavy atom. The van der Waals surface area contributed by atoms with Crippen LogP contribution >= 0.6 is 11.8 Å². The zero-order chi connectivity index (χ0) is 13.6. The maximum absolute atomic E-state index is 11.6. The maximum atomic E-state index is 11.6. The fourth-order valence-corrected chi connectivity index (χ4v) is 2.98. The quantitative estimate of drug-likeness (QED) is 0.580. The maximum Gasteiger partial charge on any atom is 0.314 e. The predicted molar refractivity (Wildman–Crippen MR) is 74.5 cm³/mol. The summed E-state index contributed by atoms with van der Waals surface area (Å²) in [5.41, 5.74) is 0. The molecule has 104 valence electrons. The Balaban J connectivity index is 2.18. The van der Waals surface area contributed by atoms with Gasteiger partial charge in [-0.2, -0.15) is 0 Å². The lowest BCUT2D eigenvalue weighted by Gasteiger charge is -2.21. The van der Waals surface area contributed by atoms with Gasteiger partial charge in [-0.3, -0.25) is 9.59 Å². The van der Waals surface area contributed by atoms with E-state index in [-0.39, 0.29) is 22.3 Å². The van der Waals surface area contributed by atoms with Crippen LogP contribution in [0.1, 0.15) is 59.3 Å². The summed E-state index contributed by atoms with van der Waals surface area (Å²) in [5.74, 6) is 0.135. The van der Waals surface area contributed by atoms with E-state index in [0.717, 1.165) is 12.8 Å². The summed E-state index contributed by atoms with van der Waals surface area (Å²) in [6, 6.07) is 0. The SMILES string of the molecule is CC(C)(C)SC(=O)CC(=O)OCC1CCCCC1. The van der Waals surface area contributed by atoms with Crippen LogP contribution in [0, 0.1) is 5.92 Å². The Morgan fingerprint density at radius 1 is 1.17 bits per heavy atom. The van der Waals surface area contributed by atoms with Gasteiger partial charge >= 0.3 is 5.97 Å². The second-order valence-electron chi connectivity index (χ2n) is 5.95. The first-order valence-electron chi connectivity index (χ1n) is 6.74. The number of carbonyl (C=O) groups excluding carboxylic acids is 2. The van der Waals surface area contributed by atoms with Crippen LogP contribution in [-0.4, -0.2) is 22.4 Å². The average Bonchev–Trinajstić information content (AvgIpc) is 2.25. The van der Waals surface area contributed by atoms with Crippen LogP contribution in [-0.2, 0) is 14.3 Å². The molecular formula is C14H24O3S. The zero-order valence-corrected chi connectivity index (χ0v) is 12.5. The first-order chi connectivity index (χ1) is 8.37. The molecule has 3 nitrogen and oxygen atoms in total. The van der Waals surface area contributed by atoms with E-state index in [0.29, 0.717) is 12.5 Å². The first kappa shape index (κ1) is 15.5. The smallest absolute Gasteiger partial charge is 0.314 e. The van der Waals surface area contributed by atoms with Crippen molar-refractivity contribution in [2.45, 2.75) is 64.0 Å². The number of hydrogen-bond acceptors (Lipinski definition) is 4. The molecule has 0 atom stereocenters. The standard InChI is InChI=1S/C14H24O3S/c1-14(2,3)18-13(16)9-12(15)17-10-11-7-5-4-6-8-11/h11H,4-10H2,1-3H3. The highest BCUT2D eigenvalue weighted by Crippen LogP contribution is 2.26.